The van der Waals surface area contributed by atoms with Gasteiger partial charge in [0.05, 0.1) is 24.2 Å². The second kappa shape index (κ2) is 6.16. The van der Waals surface area contributed by atoms with Crippen LogP contribution in [0, 0.1) is 0 Å². The van der Waals surface area contributed by atoms with E-state index in [2.05, 4.69) is 5.32 Å². The van der Waals surface area contributed by atoms with Gasteiger partial charge < -0.3 is 10.1 Å². The SMILES string of the molecule is O=S1(=O)CCCC(NCCOC2CCCC2)C1. The fourth-order valence-corrected chi connectivity index (χ4v) is 4.40. The van der Waals surface area contributed by atoms with Crippen molar-refractivity contribution in [1.29, 1.82) is 0 Å². The largest absolute Gasteiger partial charge is 0.377 e. The molecule has 2 aliphatic rings. The molecular formula is C12H23NO3S. The van der Waals surface area contributed by atoms with Gasteiger partial charge >= 0.3 is 0 Å². The number of hydrogen-bond donors (Lipinski definition) is 1. The summed E-state index contributed by atoms with van der Waals surface area (Å²) < 4.78 is 28.6. The summed E-state index contributed by atoms with van der Waals surface area (Å²) in [4.78, 5) is 0. The highest BCUT2D eigenvalue weighted by molar-refractivity contribution is 7.91. The minimum absolute atomic E-state index is 0.140. The van der Waals surface area contributed by atoms with Crippen molar-refractivity contribution in [3.63, 3.8) is 0 Å². The number of nitrogens with one attached hydrogen (secondary N) is 1. The molecule has 1 unspecified atom stereocenters. The maximum atomic E-state index is 11.4. The zero-order chi connectivity index (χ0) is 12.1. The first-order valence-electron chi connectivity index (χ1n) is 6.71. The summed E-state index contributed by atoms with van der Waals surface area (Å²) >= 11 is 0. The third kappa shape index (κ3) is 4.56. The van der Waals surface area contributed by atoms with Crippen molar-refractivity contribution in [2.24, 2.45) is 0 Å². The van der Waals surface area contributed by atoms with Crippen LogP contribution in [0.3, 0.4) is 0 Å². The summed E-state index contributed by atoms with van der Waals surface area (Å²) in [5.41, 5.74) is 0. The van der Waals surface area contributed by atoms with Crippen LogP contribution in [-0.2, 0) is 14.6 Å². The van der Waals surface area contributed by atoms with Crippen LogP contribution in [0.1, 0.15) is 38.5 Å². The lowest BCUT2D eigenvalue weighted by molar-refractivity contribution is 0.0592. The molecule has 0 amide bonds. The summed E-state index contributed by atoms with van der Waals surface area (Å²) in [5, 5.41) is 3.30. The van der Waals surface area contributed by atoms with Crippen molar-refractivity contribution in [2.45, 2.75) is 50.7 Å². The highest BCUT2D eigenvalue weighted by atomic mass is 32.2. The number of sulfone groups is 1. The van der Waals surface area contributed by atoms with Crippen LogP contribution in [0.25, 0.3) is 0 Å². The first-order chi connectivity index (χ1) is 8.16. The molecule has 1 aliphatic heterocycles. The molecule has 2 rings (SSSR count). The van der Waals surface area contributed by atoms with Crippen LogP contribution in [-0.4, -0.2) is 45.2 Å². The molecule has 17 heavy (non-hydrogen) atoms. The van der Waals surface area contributed by atoms with Gasteiger partial charge in [0, 0.05) is 12.6 Å². The molecule has 0 radical (unpaired) electrons. The van der Waals surface area contributed by atoms with Crippen LogP contribution >= 0.6 is 0 Å². The Labute approximate surface area is 104 Å². The minimum Gasteiger partial charge on any atom is -0.377 e. The number of hydrogen-bond acceptors (Lipinski definition) is 4. The lowest BCUT2D eigenvalue weighted by atomic mass is 10.2. The molecule has 100 valence electrons. The van der Waals surface area contributed by atoms with Gasteiger partial charge in [-0.25, -0.2) is 8.42 Å². The van der Waals surface area contributed by atoms with Crippen molar-refractivity contribution in [1.82, 2.24) is 5.32 Å². The van der Waals surface area contributed by atoms with Crippen molar-refractivity contribution in [3.8, 4) is 0 Å². The zero-order valence-corrected chi connectivity index (χ0v) is 11.2. The van der Waals surface area contributed by atoms with Gasteiger partial charge in [-0.3, -0.25) is 0 Å². The third-order valence-corrected chi connectivity index (χ3v) is 5.47. The van der Waals surface area contributed by atoms with Crippen LogP contribution in [0.4, 0.5) is 0 Å². The van der Waals surface area contributed by atoms with Gasteiger partial charge in [-0.2, -0.15) is 0 Å². The molecule has 0 aromatic carbocycles. The van der Waals surface area contributed by atoms with Gasteiger partial charge in [0.2, 0.25) is 0 Å². The van der Waals surface area contributed by atoms with E-state index in [0.29, 0.717) is 24.2 Å². The smallest absolute Gasteiger partial charge is 0.151 e. The Hall–Kier alpha value is -0.130. The van der Waals surface area contributed by atoms with Crippen molar-refractivity contribution in [3.05, 3.63) is 0 Å². The van der Waals surface area contributed by atoms with E-state index in [1.165, 1.54) is 25.7 Å². The molecule has 0 aromatic rings. The molecule has 1 saturated heterocycles. The van der Waals surface area contributed by atoms with Gasteiger partial charge in [0.1, 0.15) is 0 Å². The maximum absolute atomic E-state index is 11.4. The Bertz CT molecular complexity index is 323. The van der Waals surface area contributed by atoms with Crippen molar-refractivity contribution < 1.29 is 13.2 Å². The monoisotopic (exact) mass is 261 g/mol. The summed E-state index contributed by atoms with van der Waals surface area (Å²) in [5.74, 6) is 0.667. The maximum Gasteiger partial charge on any atom is 0.151 e. The Morgan fingerprint density at radius 3 is 2.59 bits per heavy atom. The molecule has 0 spiro atoms. The van der Waals surface area contributed by atoms with Crippen molar-refractivity contribution in [2.75, 3.05) is 24.7 Å². The van der Waals surface area contributed by atoms with Gasteiger partial charge in [-0.05, 0) is 25.7 Å². The zero-order valence-electron chi connectivity index (χ0n) is 10.4. The fraction of sp³-hybridized carbons (Fsp3) is 1.00. The van der Waals surface area contributed by atoms with E-state index in [-0.39, 0.29) is 6.04 Å². The highest BCUT2D eigenvalue weighted by Crippen LogP contribution is 2.20. The molecule has 1 N–H and O–H groups in total. The topological polar surface area (TPSA) is 55.4 Å². The number of rotatable bonds is 5. The predicted molar refractivity (Wildman–Crippen MR) is 67.9 cm³/mol. The standard InChI is InChI=1S/C12H23NO3S/c14-17(15)9-3-4-11(10-17)13-7-8-16-12-5-1-2-6-12/h11-13H,1-10H2. The second-order valence-corrected chi connectivity index (χ2v) is 7.41. The average molecular weight is 261 g/mol. The number of ether oxygens (including phenoxy) is 1. The Morgan fingerprint density at radius 1 is 1.12 bits per heavy atom. The molecule has 1 aliphatic carbocycles. The summed E-state index contributed by atoms with van der Waals surface area (Å²) in [6.45, 7) is 1.48. The molecule has 2 fully saturated rings. The molecular weight excluding hydrogens is 238 g/mol. The fourth-order valence-electron chi connectivity index (χ4n) is 2.73. The molecule has 0 aromatic heterocycles. The van der Waals surface area contributed by atoms with E-state index in [4.69, 9.17) is 4.74 Å². The first kappa shape index (κ1) is 13.3. The van der Waals surface area contributed by atoms with Crippen molar-refractivity contribution >= 4 is 9.84 Å². The first-order valence-corrected chi connectivity index (χ1v) is 8.53. The molecule has 1 atom stereocenters. The van der Waals surface area contributed by atoms with Gasteiger partial charge in [0.25, 0.3) is 0 Å². The Balaban J connectivity index is 1.58. The van der Waals surface area contributed by atoms with Crippen LogP contribution in [0.15, 0.2) is 0 Å². The lowest BCUT2D eigenvalue weighted by Gasteiger charge is -2.23. The average Bonchev–Trinajstić information content (AvgIpc) is 2.76. The van der Waals surface area contributed by atoms with E-state index in [1.54, 1.807) is 0 Å². The highest BCUT2D eigenvalue weighted by Gasteiger charge is 2.24. The minimum atomic E-state index is -2.79. The van der Waals surface area contributed by atoms with E-state index < -0.39 is 9.84 Å². The van der Waals surface area contributed by atoms with Crippen LogP contribution < -0.4 is 5.32 Å². The van der Waals surface area contributed by atoms with Crippen LogP contribution in [0.5, 0.6) is 0 Å². The lowest BCUT2D eigenvalue weighted by Crippen LogP contribution is -2.41. The third-order valence-electron chi connectivity index (χ3n) is 3.65. The quantitative estimate of drug-likeness (QED) is 0.753. The summed E-state index contributed by atoms with van der Waals surface area (Å²) in [6, 6.07) is 0.140. The predicted octanol–water partition coefficient (Wildman–Crippen LogP) is 1.11. The second-order valence-electron chi connectivity index (χ2n) is 5.18. The molecule has 0 bridgehead atoms. The van der Waals surface area contributed by atoms with E-state index in [0.717, 1.165) is 19.4 Å². The normalized spacial score (nSPS) is 29.5. The van der Waals surface area contributed by atoms with E-state index in [1.807, 2.05) is 0 Å². The van der Waals surface area contributed by atoms with E-state index in [9.17, 15) is 8.42 Å². The molecule has 5 heteroatoms. The van der Waals surface area contributed by atoms with Crippen LogP contribution in [0.2, 0.25) is 0 Å². The van der Waals surface area contributed by atoms with Gasteiger partial charge in [-0.1, -0.05) is 12.8 Å². The summed E-state index contributed by atoms with van der Waals surface area (Å²) in [6.07, 6.45) is 7.19. The Kier molecular flexibility index (Phi) is 4.82. The Morgan fingerprint density at radius 2 is 1.88 bits per heavy atom. The van der Waals surface area contributed by atoms with E-state index >= 15 is 0 Å². The summed E-state index contributed by atoms with van der Waals surface area (Å²) in [7, 11) is -2.79. The van der Waals surface area contributed by atoms with Gasteiger partial charge in [0.15, 0.2) is 9.84 Å². The molecule has 1 saturated carbocycles. The molecule has 4 nitrogen and oxygen atoms in total. The van der Waals surface area contributed by atoms with Gasteiger partial charge in [-0.15, -0.1) is 0 Å². The molecule has 1 heterocycles.